The first-order valence-corrected chi connectivity index (χ1v) is 5.97. The van der Waals surface area contributed by atoms with Crippen LogP contribution >= 0.6 is 0 Å². The summed E-state index contributed by atoms with van der Waals surface area (Å²) >= 11 is 0. The minimum atomic E-state index is -0.592. The summed E-state index contributed by atoms with van der Waals surface area (Å²) in [5.41, 5.74) is 6.78. The van der Waals surface area contributed by atoms with Crippen molar-refractivity contribution in [3.05, 3.63) is 65.2 Å². The maximum absolute atomic E-state index is 13.5. The van der Waals surface area contributed by atoms with E-state index in [1.54, 1.807) is 37.3 Å². The van der Waals surface area contributed by atoms with Crippen LogP contribution in [-0.4, -0.2) is 6.61 Å². The van der Waals surface area contributed by atoms with Crippen molar-refractivity contribution >= 4 is 0 Å². The van der Waals surface area contributed by atoms with E-state index >= 15 is 0 Å². The maximum atomic E-state index is 13.5. The van der Waals surface area contributed by atoms with Crippen LogP contribution in [0.1, 0.15) is 17.2 Å². The van der Waals surface area contributed by atoms with Crippen molar-refractivity contribution in [2.45, 2.75) is 13.0 Å². The van der Waals surface area contributed by atoms with Crippen molar-refractivity contribution in [2.24, 2.45) is 5.73 Å². The molecule has 0 saturated heterocycles. The molecule has 2 N–H and O–H groups in total. The lowest BCUT2D eigenvalue weighted by atomic mass is 10.1. The van der Waals surface area contributed by atoms with E-state index < -0.39 is 6.04 Å². The largest absolute Gasteiger partial charge is 0.492 e. The quantitative estimate of drug-likeness (QED) is 0.918. The molecule has 100 valence electrons. The van der Waals surface area contributed by atoms with Gasteiger partial charge in [-0.25, -0.2) is 8.78 Å². The molecular formula is C15H15F2NO. The second-order valence-electron chi connectivity index (χ2n) is 4.35. The van der Waals surface area contributed by atoms with E-state index in [9.17, 15) is 8.78 Å². The third kappa shape index (κ3) is 3.29. The van der Waals surface area contributed by atoms with E-state index in [0.717, 1.165) is 0 Å². The molecule has 0 spiro atoms. The summed E-state index contributed by atoms with van der Waals surface area (Å²) in [6.07, 6.45) is 0. The van der Waals surface area contributed by atoms with Gasteiger partial charge in [0, 0.05) is 11.6 Å². The molecule has 4 heteroatoms. The fourth-order valence-corrected chi connectivity index (χ4v) is 1.71. The van der Waals surface area contributed by atoms with E-state index in [2.05, 4.69) is 0 Å². The van der Waals surface area contributed by atoms with Crippen LogP contribution in [-0.2, 0) is 0 Å². The van der Waals surface area contributed by atoms with Gasteiger partial charge in [-0.15, -0.1) is 0 Å². The zero-order valence-electron chi connectivity index (χ0n) is 10.6. The lowest BCUT2D eigenvalue weighted by Gasteiger charge is -2.14. The zero-order chi connectivity index (χ0) is 13.8. The molecule has 2 rings (SSSR count). The van der Waals surface area contributed by atoms with Crippen LogP contribution in [0.15, 0.2) is 42.5 Å². The van der Waals surface area contributed by atoms with Crippen LogP contribution in [0.4, 0.5) is 8.78 Å². The molecule has 0 radical (unpaired) electrons. The van der Waals surface area contributed by atoms with Gasteiger partial charge in [-0.05, 0) is 24.6 Å². The number of aryl methyl sites for hydroxylation is 1. The Kier molecular flexibility index (Phi) is 4.12. The SMILES string of the molecule is Cc1ccc(OCC(N)c2ccccc2F)cc1F. The van der Waals surface area contributed by atoms with Gasteiger partial charge < -0.3 is 10.5 Å². The third-order valence-corrected chi connectivity index (χ3v) is 2.88. The molecule has 1 atom stereocenters. The molecule has 19 heavy (non-hydrogen) atoms. The summed E-state index contributed by atoms with van der Waals surface area (Å²) in [6.45, 7) is 1.76. The average Bonchev–Trinajstić information content (AvgIpc) is 2.40. The van der Waals surface area contributed by atoms with Crippen molar-refractivity contribution < 1.29 is 13.5 Å². The summed E-state index contributed by atoms with van der Waals surface area (Å²) in [5.74, 6) is -0.319. The van der Waals surface area contributed by atoms with Crippen LogP contribution in [0.2, 0.25) is 0 Å². The first-order valence-electron chi connectivity index (χ1n) is 5.97. The Balaban J connectivity index is 2.02. The van der Waals surface area contributed by atoms with E-state index in [-0.39, 0.29) is 18.2 Å². The van der Waals surface area contributed by atoms with E-state index in [1.807, 2.05) is 0 Å². The molecule has 0 amide bonds. The first-order chi connectivity index (χ1) is 9.08. The summed E-state index contributed by atoms with van der Waals surface area (Å²) < 4.78 is 32.2. The number of hydrogen-bond donors (Lipinski definition) is 1. The zero-order valence-corrected chi connectivity index (χ0v) is 10.6. The molecule has 0 aliphatic heterocycles. The predicted octanol–water partition coefficient (Wildman–Crippen LogP) is 3.35. The predicted molar refractivity (Wildman–Crippen MR) is 70.0 cm³/mol. The molecule has 0 saturated carbocycles. The van der Waals surface area contributed by atoms with Gasteiger partial charge in [-0.3, -0.25) is 0 Å². The topological polar surface area (TPSA) is 35.2 Å². The van der Waals surface area contributed by atoms with Gasteiger partial charge in [-0.1, -0.05) is 24.3 Å². The van der Waals surface area contributed by atoms with Gasteiger partial charge >= 0.3 is 0 Å². The minimum Gasteiger partial charge on any atom is -0.492 e. The summed E-state index contributed by atoms with van der Waals surface area (Å²) in [6, 6.07) is 10.3. The molecule has 0 aromatic heterocycles. The number of hydrogen-bond acceptors (Lipinski definition) is 2. The molecule has 1 unspecified atom stereocenters. The second-order valence-corrected chi connectivity index (χ2v) is 4.35. The highest BCUT2D eigenvalue weighted by Gasteiger charge is 2.11. The van der Waals surface area contributed by atoms with Crippen molar-refractivity contribution in [1.29, 1.82) is 0 Å². The van der Waals surface area contributed by atoms with Gasteiger partial charge in [-0.2, -0.15) is 0 Å². The van der Waals surface area contributed by atoms with Gasteiger partial charge in [0.25, 0.3) is 0 Å². The van der Waals surface area contributed by atoms with Crippen LogP contribution < -0.4 is 10.5 Å². The molecule has 0 heterocycles. The van der Waals surface area contributed by atoms with Crippen LogP contribution in [0.3, 0.4) is 0 Å². The Morgan fingerprint density at radius 3 is 2.53 bits per heavy atom. The van der Waals surface area contributed by atoms with Crippen molar-refractivity contribution in [3.8, 4) is 5.75 Å². The molecular weight excluding hydrogens is 248 g/mol. The summed E-state index contributed by atoms with van der Waals surface area (Å²) in [5, 5.41) is 0. The first kappa shape index (κ1) is 13.5. The highest BCUT2D eigenvalue weighted by atomic mass is 19.1. The van der Waals surface area contributed by atoms with Gasteiger partial charge in [0.15, 0.2) is 0 Å². The Bertz CT molecular complexity index is 572. The van der Waals surface area contributed by atoms with Gasteiger partial charge in [0.2, 0.25) is 0 Å². The maximum Gasteiger partial charge on any atom is 0.129 e. The van der Waals surface area contributed by atoms with Crippen LogP contribution in [0, 0.1) is 18.6 Å². The van der Waals surface area contributed by atoms with Crippen molar-refractivity contribution in [3.63, 3.8) is 0 Å². The number of rotatable bonds is 4. The molecule has 0 fully saturated rings. The Morgan fingerprint density at radius 1 is 1.11 bits per heavy atom. The monoisotopic (exact) mass is 263 g/mol. The molecule has 2 aromatic carbocycles. The Labute approximate surface area is 110 Å². The highest BCUT2D eigenvalue weighted by Crippen LogP contribution is 2.19. The Hall–Kier alpha value is -1.94. The highest BCUT2D eigenvalue weighted by molar-refractivity contribution is 5.28. The molecule has 0 aliphatic rings. The lowest BCUT2D eigenvalue weighted by Crippen LogP contribution is -2.20. The fraction of sp³-hybridized carbons (Fsp3) is 0.200. The van der Waals surface area contributed by atoms with Gasteiger partial charge in [0.05, 0.1) is 6.04 Å². The standard InChI is InChI=1S/C15H15F2NO/c1-10-6-7-11(8-14(10)17)19-9-15(18)12-4-2-3-5-13(12)16/h2-8,15H,9,18H2,1H3. The number of halogens is 2. The van der Waals surface area contributed by atoms with E-state index in [4.69, 9.17) is 10.5 Å². The van der Waals surface area contributed by atoms with Crippen LogP contribution in [0.5, 0.6) is 5.75 Å². The van der Waals surface area contributed by atoms with Crippen molar-refractivity contribution in [2.75, 3.05) is 6.61 Å². The second kappa shape index (κ2) is 5.80. The fourth-order valence-electron chi connectivity index (χ4n) is 1.71. The van der Waals surface area contributed by atoms with E-state index in [0.29, 0.717) is 16.9 Å². The Morgan fingerprint density at radius 2 is 1.84 bits per heavy atom. The van der Waals surface area contributed by atoms with Gasteiger partial charge in [0.1, 0.15) is 24.0 Å². The molecule has 2 nitrogen and oxygen atoms in total. The number of benzene rings is 2. The number of nitrogens with two attached hydrogens (primary N) is 1. The van der Waals surface area contributed by atoms with E-state index in [1.165, 1.54) is 12.1 Å². The lowest BCUT2D eigenvalue weighted by molar-refractivity contribution is 0.286. The van der Waals surface area contributed by atoms with Crippen molar-refractivity contribution in [1.82, 2.24) is 0 Å². The average molecular weight is 263 g/mol. The smallest absolute Gasteiger partial charge is 0.129 e. The number of ether oxygens (including phenoxy) is 1. The molecule has 2 aromatic rings. The normalized spacial score (nSPS) is 12.2. The summed E-state index contributed by atoms with van der Waals surface area (Å²) in [7, 11) is 0. The molecule has 0 aliphatic carbocycles. The minimum absolute atomic E-state index is 0.0867. The third-order valence-electron chi connectivity index (χ3n) is 2.88. The molecule has 0 bridgehead atoms. The van der Waals surface area contributed by atoms with Crippen LogP contribution in [0.25, 0.3) is 0 Å². The summed E-state index contributed by atoms with van der Waals surface area (Å²) in [4.78, 5) is 0.